The molecular formula is C28H57NO2. The summed E-state index contributed by atoms with van der Waals surface area (Å²) in [6.45, 7) is 9.67. The van der Waals surface area contributed by atoms with Crippen LogP contribution in [0, 0.1) is 5.92 Å². The van der Waals surface area contributed by atoms with Crippen molar-refractivity contribution in [3.05, 3.63) is 0 Å². The van der Waals surface area contributed by atoms with E-state index in [9.17, 15) is 4.79 Å². The molecule has 0 bridgehead atoms. The molecule has 0 fully saturated rings. The molecule has 0 aliphatic rings. The van der Waals surface area contributed by atoms with Gasteiger partial charge in [0.05, 0.1) is 12.5 Å². The minimum atomic E-state index is 0.0822. The van der Waals surface area contributed by atoms with E-state index >= 15 is 0 Å². The Morgan fingerprint density at radius 2 is 1.00 bits per heavy atom. The summed E-state index contributed by atoms with van der Waals surface area (Å²) in [6.07, 6.45) is 24.8. The average molecular weight is 440 g/mol. The van der Waals surface area contributed by atoms with E-state index in [2.05, 4.69) is 26.1 Å². The SMILES string of the molecule is CCCCCCCCC(CCCCCC)C(=O)OCCCCCCNCCCCCC. The fraction of sp³-hybridized carbons (Fsp3) is 0.964. The molecule has 3 nitrogen and oxygen atoms in total. The quantitative estimate of drug-likeness (QED) is 0.114. The zero-order valence-electron chi connectivity index (χ0n) is 21.7. The first-order valence-electron chi connectivity index (χ1n) is 14.1. The van der Waals surface area contributed by atoms with Gasteiger partial charge in [0.15, 0.2) is 0 Å². The van der Waals surface area contributed by atoms with Crippen molar-refractivity contribution in [1.82, 2.24) is 5.32 Å². The third-order valence-corrected chi connectivity index (χ3v) is 6.34. The van der Waals surface area contributed by atoms with Crippen molar-refractivity contribution >= 4 is 5.97 Å². The molecule has 0 amide bonds. The number of nitrogens with one attached hydrogen (secondary N) is 1. The molecular weight excluding hydrogens is 382 g/mol. The van der Waals surface area contributed by atoms with Crippen LogP contribution in [0.25, 0.3) is 0 Å². The van der Waals surface area contributed by atoms with Crippen LogP contribution >= 0.6 is 0 Å². The molecule has 186 valence electrons. The lowest BCUT2D eigenvalue weighted by atomic mass is 9.94. The van der Waals surface area contributed by atoms with Gasteiger partial charge in [0.25, 0.3) is 0 Å². The van der Waals surface area contributed by atoms with Crippen LogP contribution in [0.3, 0.4) is 0 Å². The summed E-state index contributed by atoms with van der Waals surface area (Å²) in [6, 6.07) is 0. The average Bonchev–Trinajstić information content (AvgIpc) is 2.78. The van der Waals surface area contributed by atoms with Crippen molar-refractivity contribution in [2.24, 2.45) is 5.92 Å². The van der Waals surface area contributed by atoms with Crippen LogP contribution in [0.2, 0.25) is 0 Å². The van der Waals surface area contributed by atoms with Crippen LogP contribution in [0.1, 0.15) is 149 Å². The van der Waals surface area contributed by atoms with E-state index in [0.717, 1.165) is 32.4 Å². The van der Waals surface area contributed by atoms with Crippen molar-refractivity contribution in [3.63, 3.8) is 0 Å². The lowest BCUT2D eigenvalue weighted by Gasteiger charge is -2.16. The highest BCUT2D eigenvalue weighted by molar-refractivity contribution is 5.72. The Kier molecular flexibility index (Phi) is 25.2. The van der Waals surface area contributed by atoms with Gasteiger partial charge in [-0.3, -0.25) is 4.79 Å². The molecule has 0 aromatic heterocycles. The van der Waals surface area contributed by atoms with E-state index in [-0.39, 0.29) is 11.9 Å². The largest absolute Gasteiger partial charge is 0.465 e. The second-order valence-corrected chi connectivity index (χ2v) is 9.50. The van der Waals surface area contributed by atoms with Crippen LogP contribution in [-0.2, 0) is 9.53 Å². The molecule has 0 spiro atoms. The van der Waals surface area contributed by atoms with Crippen LogP contribution in [-0.4, -0.2) is 25.7 Å². The minimum Gasteiger partial charge on any atom is -0.465 e. The third kappa shape index (κ3) is 22.4. The van der Waals surface area contributed by atoms with E-state index < -0.39 is 0 Å². The standard InChI is InChI=1S/C28H57NO2/c1-4-7-10-13-14-18-23-27(22-17-11-8-5-2)28(30)31-26-21-16-15-20-25-29-24-19-12-9-6-3/h27,29H,4-26H2,1-3H3. The third-order valence-electron chi connectivity index (χ3n) is 6.34. The Morgan fingerprint density at radius 1 is 0.581 bits per heavy atom. The summed E-state index contributed by atoms with van der Waals surface area (Å²) >= 11 is 0. The molecule has 0 rings (SSSR count). The smallest absolute Gasteiger partial charge is 0.308 e. The van der Waals surface area contributed by atoms with Crippen LogP contribution in [0.5, 0.6) is 0 Å². The van der Waals surface area contributed by atoms with E-state index in [0.29, 0.717) is 6.61 Å². The number of carbonyl (C=O) groups excluding carboxylic acids is 1. The summed E-state index contributed by atoms with van der Waals surface area (Å²) in [7, 11) is 0. The highest BCUT2D eigenvalue weighted by Crippen LogP contribution is 2.20. The number of ether oxygens (including phenoxy) is 1. The second kappa shape index (κ2) is 25.7. The molecule has 1 N–H and O–H groups in total. The molecule has 0 radical (unpaired) electrons. The van der Waals surface area contributed by atoms with Gasteiger partial charge in [0.2, 0.25) is 0 Å². The molecule has 0 heterocycles. The fourth-order valence-electron chi connectivity index (χ4n) is 4.17. The maximum atomic E-state index is 12.6. The second-order valence-electron chi connectivity index (χ2n) is 9.50. The molecule has 0 saturated heterocycles. The first-order chi connectivity index (χ1) is 15.3. The topological polar surface area (TPSA) is 38.3 Å². The number of unbranched alkanes of at least 4 members (excludes halogenated alkanes) is 14. The van der Waals surface area contributed by atoms with Crippen LogP contribution in [0.4, 0.5) is 0 Å². The van der Waals surface area contributed by atoms with Crippen molar-refractivity contribution in [2.75, 3.05) is 19.7 Å². The van der Waals surface area contributed by atoms with Gasteiger partial charge in [-0.1, -0.05) is 117 Å². The molecule has 0 aliphatic carbocycles. The Balaban J connectivity index is 3.80. The van der Waals surface area contributed by atoms with Crippen LogP contribution < -0.4 is 5.32 Å². The van der Waals surface area contributed by atoms with E-state index in [4.69, 9.17) is 4.74 Å². The van der Waals surface area contributed by atoms with Gasteiger partial charge in [-0.25, -0.2) is 0 Å². The van der Waals surface area contributed by atoms with Crippen LogP contribution in [0.15, 0.2) is 0 Å². The lowest BCUT2D eigenvalue weighted by molar-refractivity contribution is -0.149. The van der Waals surface area contributed by atoms with E-state index in [1.807, 2.05) is 0 Å². The lowest BCUT2D eigenvalue weighted by Crippen LogP contribution is -2.19. The number of esters is 1. The summed E-state index contributed by atoms with van der Waals surface area (Å²) in [5.41, 5.74) is 0. The Hall–Kier alpha value is -0.570. The highest BCUT2D eigenvalue weighted by Gasteiger charge is 2.19. The Morgan fingerprint density at radius 3 is 1.58 bits per heavy atom. The monoisotopic (exact) mass is 439 g/mol. The molecule has 3 heteroatoms. The van der Waals surface area contributed by atoms with Gasteiger partial charge in [-0.05, 0) is 45.2 Å². The summed E-state index contributed by atoms with van der Waals surface area (Å²) in [5, 5.41) is 3.55. The van der Waals surface area contributed by atoms with Gasteiger partial charge in [0.1, 0.15) is 0 Å². The number of hydrogen-bond donors (Lipinski definition) is 1. The summed E-state index contributed by atoms with van der Waals surface area (Å²) in [4.78, 5) is 12.6. The van der Waals surface area contributed by atoms with Crippen molar-refractivity contribution < 1.29 is 9.53 Å². The normalized spacial score (nSPS) is 12.2. The van der Waals surface area contributed by atoms with E-state index in [1.54, 1.807) is 0 Å². The summed E-state index contributed by atoms with van der Waals surface area (Å²) < 4.78 is 5.68. The number of carbonyl (C=O) groups is 1. The fourth-order valence-corrected chi connectivity index (χ4v) is 4.17. The predicted molar refractivity (Wildman–Crippen MR) is 137 cm³/mol. The first-order valence-corrected chi connectivity index (χ1v) is 14.1. The number of hydrogen-bond acceptors (Lipinski definition) is 3. The van der Waals surface area contributed by atoms with Crippen molar-refractivity contribution in [1.29, 1.82) is 0 Å². The van der Waals surface area contributed by atoms with Gasteiger partial charge in [-0.2, -0.15) is 0 Å². The maximum absolute atomic E-state index is 12.6. The zero-order chi connectivity index (χ0) is 22.8. The Labute approximate surface area is 195 Å². The predicted octanol–water partition coefficient (Wildman–Crippen LogP) is 8.60. The van der Waals surface area contributed by atoms with Crippen molar-refractivity contribution in [2.45, 2.75) is 149 Å². The molecule has 1 unspecified atom stereocenters. The summed E-state index contributed by atoms with van der Waals surface area (Å²) in [5.74, 6) is 0.221. The highest BCUT2D eigenvalue weighted by atomic mass is 16.5. The molecule has 0 aromatic carbocycles. The van der Waals surface area contributed by atoms with Crippen molar-refractivity contribution in [3.8, 4) is 0 Å². The van der Waals surface area contributed by atoms with Gasteiger partial charge >= 0.3 is 5.97 Å². The first kappa shape index (κ1) is 30.4. The van der Waals surface area contributed by atoms with Gasteiger partial charge in [-0.15, -0.1) is 0 Å². The minimum absolute atomic E-state index is 0.0822. The maximum Gasteiger partial charge on any atom is 0.308 e. The molecule has 1 atom stereocenters. The number of rotatable bonds is 25. The molecule has 31 heavy (non-hydrogen) atoms. The van der Waals surface area contributed by atoms with Gasteiger partial charge in [0, 0.05) is 0 Å². The van der Waals surface area contributed by atoms with E-state index in [1.165, 1.54) is 109 Å². The van der Waals surface area contributed by atoms with Gasteiger partial charge < -0.3 is 10.1 Å². The molecule has 0 saturated carbocycles. The Bertz CT molecular complexity index is 359. The zero-order valence-corrected chi connectivity index (χ0v) is 21.7. The molecule has 0 aliphatic heterocycles. The molecule has 0 aromatic rings.